The minimum atomic E-state index is -0.491. The van der Waals surface area contributed by atoms with E-state index in [-0.39, 0.29) is 18.0 Å². The molecule has 0 aliphatic carbocycles. The molecule has 3 amide bonds. The Morgan fingerprint density at radius 1 is 1.08 bits per heavy atom. The number of primary amides is 1. The van der Waals surface area contributed by atoms with Gasteiger partial charge in [0.2, 0.25) is 5.91 Å². The molecule has 3 N–H and O–H groups in total. The molecular weight excluding hydrogens is 384 g/mol. The number of nitrogens with two attached hydrogens (primary N) is 1. The van der Waals surface area contributed by atoms with Crippen molar-refractivity contribution >= 4 is 27.9 Å². The molecule has 2 saturated heterocycles. The minimum absolute atomic E-state index is 0.0690. The normalized spacial score (nSPS) is 20.4. The molecule has 7 heteroatoms. The second kappa shape index (κ2) is 8.19. The number of hydrogen-bond donors (Lipinski definition) is 2. The molecule has 2 aliphatic heterocycles. The summed E-state index contributed by atoms with van der Waals surface area (Å²) in [5, 5.41) is 2.75. The van der Waals surface area contributed by atoms with E-state index in [1.165, 1.54) is 0 Å². The summed E-state index contributed by atoms with van der Waals surface area (Å²) >= 11 is 3.46. The Labute approximate surface area is 156 Å². The van der Waals surface area contributed by atoms with Crippen molar-refractivity contribution in [3.63, 3.8) is 0 Å². The SMILES string of the molecule is NC(=O)NC1CCN(C(=O)C(c2ccc(Br)cc2)N2CCCC2)CC1. The fourth-order valence-electron chi connectivity index (χ4n) is 3.77. The monoisotopic (exact) mass is 408 g/mol. The topological polar surface area (TPSA) is 78.7 Å². The molecule has 2 aliphatic rings. The molecule has 25 heavy (non-hydrogen) atoms. The minimum Gasteiger partial charge on any atom is -0.352 e. The maximum atomic E-state index is 13.3. The lowest BCUT2D eigenvalue weighted by Crippen LogP contribution is -2.50. The lowest BCUT2D eigenvalue weighted by molar-refractivity contribution is -0.138. The molecule has 1 unspecified atom stereocenters. The van der Waals surface area contributed by atoms with Crippen LogP contribution in [0.3, 0.4) is 0 Å². The van der Waals surface area contributed by atoms with E-state index in [9.17, 15) is 9.59 Å². The highest BCUT2D eigenvalue weighted by atomic mass is 79.9. The lowest BCUT2D eigenvalue weighted by atomic mass is 10.0. The van der Waals surface area contributed by atoms with Gasteiger partial charge < -0.3 is 16.0 Å². The highest BCUT2D eigenvalue weighted by molar-refractivity contribution is 9.10. The van der Waals surface area contributed by atoms with Gasteiger partial charge in [0.25, 0.3) is 0 Å². The van der Waals surface area contributed by atoms with Gasteiger partial charge in [-0.25, -0.2) is 4.79 Å². The van der Waals surface area contributed by atoms with Gasteiger partial charge in [-0.1, -0.05) is 28.1 Å². The van der Waals surface area contributed by atoms with Crippen LogP contribution in [-0.4, -0.2) is 54.0 Å². The van der Waals surface area contributed by atoms with E-state index in [4.69, 9.17) is 5.73 Å². The highest BCUT2D eigenvalue weighted by Crippen LogP contribution is 2.29. The Balaban J connectivity index is 1.71. The number of carbonyl (C=O) groups excluding carboxylic acids is 2. The Morgan fingerprint density at radius 2 is 1.68 bits per heavy atom. The number of halogens is 1. The van der Waals surface area contributed by atoms with Crippen molar-refractivity contribution in [2.45, 2.75) is 37.8 Å². The number of urea groups is 1. The molecule has 2 heterocycles. The average Bonchev–Trinajstić information content (AvgIpc) is 3.11. The predicted octanol–water partition coefficient (Wildman–Crippen LogP) is 2.25. The summed E-state index contributed by atoms with van der Waals surface area (Å²) in [4.78, 5) is 28.5. The number of rotatable bonds is 4. The zero-order valence-corrected chi connectivity index (χ0v) is 15.9. The van der Waals surface area contributed by atoms with Crippen molar-refractivity contribution < 1.29 is 9.59 Å². The maximum Gasteiger partial charge on any atom is 0.312 e. The predicted molar refractivity (Wildman–Crippen MR) is 100 cm³/mol. The lowest BCUT2D eigenvalue weighted by Gasteiger charge is -2.37. The van der Waals surface area contributed by atoms with Crippen LogP contribution in [0.5, 0.6) is 0 Å². The summed E-state index contributed by atoms with van der Waals surface area (Å²) in [5.41, 5.74) is 6.24. The number of benzene rings is 1. The van der Waals surface area contributed by atoms with Crippen molar-refractivity contribution in [2.75, 3.05) is 26.2 Å². The van der Waals surface area contributed by atoms with E-state index >= 15 is 0 Å². The van der Waals surface area contributed by atoms with Crippen LogP contribution in [0.2, 0.25) is 0 Å². The zero-order chi connectivity index (χ0) is 17.8. The molecule has 0 aromatic heterocycles. The van der Waals surface area contributed by atoms with Gasteiger partial charge in [0, 0.05) is 23.6 Å². The largest absolute Gasteiger partial charge is 0.352 e. The first-order valence-corrected chi connectivity index (χ1v) is 9.68. The van der Waals surface area contributed by atoms with Crippen LogP contribution in [0, 0.1) is 0 Å². The first-order valence-electron chi connectivity index (χ1n) is 8.89. The maximum absolute atomic E-state index is 13.3. The molecule has 3 rings (SSSR count). The van der Waals surface area contributed by atoms with Gasteiger partial charge in [0.05, 0.1) is 0 Å². The van der Waals surface area contributed by atoms with E-state index in [1.807, 2.05) is 29.2 Å². The Morgan fingerprint density at radius 3 is 2.24 bits per heavy atom. The summed E-state index contributed by atoms with van der Waals surface area (Å²) in [6.45, 7) is 3.24. The highest BCUT2D eigenvalue weighted by Gasteiger charge is 2.34. The van der Waals surface area contributed by atoms with E-state index in [2.05, 4.69) is 26.1 Å². The van der Waals surface area contributed by atoms with Gasteiger partial charge >= 0.3 is 6.03 Å². The third-order valence-corrected chi connectivity index (χ3v) is 5.61. The first-order chi connectivity index (χ1) is 12.0. The molecule has 6 nitrogen and oxygen atoms in total. The second-order valence-electron chi connectivity index (χ2n) is 6.81. The molecule has 1 aromatic rings. The average molecular weight is 409 g/mol. The third kappa shape index (κ3) is 4.52. The van der Waals surface area contributed by atoms with Gasteiger partial charge in [0.1, 0.15) is 6.04 Å². The van der Waals surface area contributed by atoms with Crippen LogP contribution in [-0.2, 0) is 4.79 Å². The van der Waals surface area contributed by atoms with Crippen molar-refractivity contribution in [3.8, 4) is 0 Å². The van der Waals surface area contributed by atoms with Crippen LogP contribution in [0.15, 0.2) is 28.7 Å². The number of piperidine rings is 1. The number of amides is 3. The summed E-state index contributed by atoms with van der Waals surface area (Å²) < 4.78 is 1.02. The van der Waals surface area contributed by atoms with Gasteiger partial charge in [-0.3, -0.25) is 9.69 Å². The first kappa shape index (κ1) is 18.2. The Hall–Kier alpha value is -1.60. The molecule has 1 aromatic carbocycles. The molecule has 0 saturated carbocycles. The van der Waals surface area contributed by atoms with Crippen molar-refractivity contribution in [1.29, 1.82) is 0 Å². The molecule has 0 radical (unpaired) electrons. The summed E-state index contributed by atoms with van der Waals surface area (Å²) in [6, 6.07) is 7.42. The number of likely N-dealkylation sites (tertiary alicyclic amines) is 2. The quantitative estimate of drug-likeness (QED) is 0.801. The summed E-state index contributed by atoms with van der Waals surface area (Å²) in [5.74, 6) is 0.168. The molecule has 0 bridgehead atoms. The summed E-state index contributed by atoms with van der Waals surface area (Å²) in [6.07, 6.45) is 3.79. The van der Waals surface area contributed by atoms with Gasteiger partial charge in [-0.05, 0) is 56.5 Å². The number of carbonyl (C=O) groups is 2. The Bertz CT molecular complexity index is 608. The van der Waals surface area contributed by atoms with E-state index in [0.29, 0.717) is 13.1 Å². The number of nitrogens with zero attached hydrogens (tertiary/aromatic N) is 2. The molecule has 136 valence electrons. The van der Waals surface area contributed by atoms with Crippen LogP contribution in [0.25, 0.3) is 0 Å². The standard InChI is InChI=1S/C18H25BrN4O2/c19-14-5-3-13(4-6-14)16(22-9-1-2-10-22)17(24)23-11-7-15(8-12-23)21-18(20)25/h3-6,15-16H,1-2,7-12H2,(H3,20,21,25). The van der Waals surface area contributed by atoms with Crippen LogP contribution < -0.4 is 11.1 Å². The molecule has 2 fully saturated rings. The number of hydrogen-bond acceptors (Lipinski definition) is 3. The summed E-state index contributed by atoms with van der Waals surface area (Å²) in [7, 11) is 0. The van der Waals surface area contributed by atoms with Gasteiger partial charge in [-0.2, -0.15) is 0 Å². The van der Waals surface area contributed by atoms with E-state index < -0.39 is 6.03 Å². The van der Waals surface area contributed by atoms with Crippen LogP contribution in [0.1, 0.15) is 37.3 Å². The fourth-order valence-corrected chi connectivity index (χ4v) is 4.04. The third-order valence-electron chi connectivity index (χ3n) is 5.08. The molecule has 0 spiro atoms. The smallest absolute Gasteiger partial charge is 0.312 e. The zero-order valence-electron chi connectivity index (χ0n) is 14.3. The van der Waals surface area contributed by atoms with Crippen LogP contribution >= 0.6 is 15.9 Å². The van der Waals surface area contributed by atoms with Crippen LogP contribution in [0.4, 0.5) is 4.79 Å². The molecule has 1 atom stereocenters. The van der Waals surface area contributed by atoms with Gasteiger partial charge in [0.15, 0.2) is 0 Å². The number of nitrogens with one attached hydrogen (secondary N) is 1. The second-order valence-corrected chi connectivity index (χ2v) is 7.72. The Kier molecular flexibility index (Phi) is 5.96. The van der Waals surface area contributed by atoms with Crippen molar-refractivity contribution in [2.24, 2.45) is 5.73 Å². The van der Waals surface area contributed by atoms with E-state index in [1.54, 1.807) is 0 Å². The van der Waals surface area contributed by atoms with Gasteiger partial charge in [-0.15, -0.1) is 0 Å². The van der Waals surface area contributed by atoms with Crippen molar-refractivity contribution in [3.05, 3.63) is 34.3 Å². The van der Waals surface area contributed by atoms with E-state index in [0.717, 1.165) is 48.8 Å². The van der Waals surface area contributed by atoms with Crippen molar-refractivity contribution in [1.82, 2.24) is 15.1 Å². The fraction of sp³-hybridized carbons (Fsp3) is 0.556. The molecular formula is C18H25BrN4O2.